The maximum atomic E-state index is 14.4. The van der Waals surface area contributed by atoms with Gasteiger partial charge in [0.05, 0.1) is 5.92 Å². The summed E-state index contributed by atoms with van der Waals surface area (Å²) in [5, 5.41) is 7.04. The van der Waals surface area contributed by atoms with E-state index in [2.05, 4.69) is 50.3 Å². The van der Waals surface area contributed by atoms with Crippen molar-refractivity contribution in [3.63, 3.8) is 0 Å². The van der Waals surface area contributed by atoms with E-state index in [1.54, 1.807) is 0 Å². The van der Waals surface area contributed by atoms with Crippen LogP contribution in [0.25, 0.3) is 0 Å². The summed E-state index contributed by atoms with van der Waals surface area (Å²) in [4.78, 5) is 21.7. The fourth-order valence-corrected chi connectivity index (χ4v) is 7.74. The second kappa shape index (κ2) is 9.10. The van der Waals surface area contributed by atoms with Gasteiger partial charge in [-0.05, 0) is 60.9 Å². The van der Waals surface area contributed by atoms with Crippen LogP contribution in [0.4, 0.5) is 0 Å². The van der Waals surface area contributed by atoms with Crippen LogP contribution in [0, 0.1) is 18.8 Å². The van der Waals surface area contributed by atoms with Crippen molar-refractivity contribution in [2.75, 3.05) is 19.6 Å². The van der Waals surface area contributed by atoms with Crippen molar-refractivity contribution in [2.45, 2.75) is 88.6 Å². The van der Waals surface area contributed by atoms with Gasteiger partial charge in [-0.2, -0.15) is 9.78 Å². The van der Waals surface area contributed by atoms with Crippen LogP contribution in [0.2, 0.25) is 0 Å². The maximum absolute atomic E-state index is 14.4. The molecule has 6 nitrogen and oxygen atoms in total. The molecule has 1 spiro atoms. The molecule has 0 bridgehead atoms. The Morgan fingerprint density at radius 2 is 1.94 bits per heavy atom. The monoisotopic (exact) mass is 462 g/mol. The highest BCUT2D eigenvalue weighted by Crippen LogP contribution is 2.44. The number of aryl methyl sites for hydroxylation is 2. The molecule has 2 N–H and O–H groups in total. The number of benzene rings is 1. The fraction of sp³-hybridized carbons (Fsp3) is 0.679. The van der Waals surface area contributed by atoms with Crippen LogP contribution in [-0.2, 0) is 16.8 Å². The number of carbonyl (C=O) groups excluding carboxylic acids is 1. The summed E-state index contributed by atoms with van der Waals surface area (Å²) < 4.78 is 2.21. The number of hydrogen-bond donors (Lipinski definition) is 2. The molecule has 3 fully saturated rings. The van der Waals surface area contributed by atoms with Gasteiger partial charge in [0.2, 0.25) is 11.7 Å². The molecule has 2 saturated heterocycles. The topological polar surface area (TPSA) is 64.9 Å². The Kier molecular flexibility index (Phi) is 5.96. The number of nitrogens with zero attached hydrogens (tertiary/aromatic N) is 3. The van der Waals surface area contributed by atoms with Gasteiger partial charge in [-0.15, -0.1) is 0 Å². The number of aromatic nitrogens is 3. The van der Waals surface area contributed by atoms with E-state index in [0.717, 1.165) is 63.5 Å². The highest BCUT2D eigenvalue weighted by atomic mass is 16.2. The molecule has 1 aromatic carbocycles. The van der Waals surface area contributed by atoms with Gasteiger partial charge < -0.3 is 10.2 Å². The minimum atomic E-state index is -0.173. The average Bonchev–Trinajstić information content (AvgIpc) is 3.48. The summed E-state index contributed by atoms with van der Waals surface area (Å²) in [7, 11) is 0. The number of amides is 1. The first-order valence-electron chi connectivity index (χ1n) is 13.7. The molecule has 1 aromatic heterocycles. The second-order valence-electron chi connectivity index (χ2n) is 11.4. The van der Waals surface area contributed by atoms with Crippen LogP contribution in [0.3, 0.4) is 0 Å². The number of piperidine rings is 1. The largest absolute Gasteiger partial charge is 0.339 e. The van der Waals surface area contributed by atoms with Crippen LogP contribution >= 0.6 is 0 Å². The molecule has 6 heteroatoms. The lowest BCUT2D eigenvalue weighted by molar-refractivity contribution is -0.767. The molecular formula is C28H40N5O+. The third kappa shape index (κ3) is 3.78. The van der Waals surface area contributed by atoms with E-state index in [1.165, 1.54) is 37.7 Å². The van der Waals surface area contributed by atoms with Gasteiger partial charge in [-0.3, -0.25) is 4.79 Å². The van der Waals surface area contributed by atoms with Crippen LogP contribution < -0.4 is 10.00 Å². The third-order valence-electron chi connectivity index (χ3n) is 9.42. The molecule has 1 amide bonds. The number of H-pyrrole nitrogens is 1. The van der Waals surface area contributed by atoms with Crippen LogP contribution in [0.15, 0.2) is 30.3 Å². The van der Waals surface area contributed by atoms with E-state index in [-0.39, 0.29) is 11.3 Å². The van der Waals surface area contributed by atoms with Crippen molar-refractivity contribution in [2.24, 2.45) is 11.8 Å². The second-order valence-corrected chi connectivity index (χ2v) is 11.4. The molecule has 4 aliphatic rings. The summed E-state index contributed by atoms with van der Waals surface area (Å²) in [5.74, 6) is 3.66. The van der Waals surface area contributed by atoms with Crippen LogP contribution in [0.1, 0.15) is 80.9 Å². The molecule has 6 rings (SSSR count). The first-order valence-corrected chi connectivity index (χ1v) is 13.7. The molecule has 182 valence electrons. The van der Waals surface area contributed by atoms with Gasteiger partial charge in [0.15, 0.2) is 0 Å². The van der Waals surface area contributed by atoms with E-state index < -0.39 is 0 Å². The molecule has 4 atom stereocenters. The number of hydrogen-bond acceptors (Lipinski definition) is 3. The van der Waals surface area contributed by atoms with Crippen molar-refractivity contribution in [3.05, 3.63) is 47.5 Å². The van der Waals surface area contributed by atoms with Gasteiger partial charge in [0, 0.05) is 32.6 Å². The van der Waals surface area contributed by atoms with Crippen molar-refractivity contribution < 1.29 is 9.48 Å². The Labute approximate surface area is 203 Å². The van der Waals surface area contributed by atoms with Crippen molar-refractivity contribution >= 4 is 5.91 Å². The molecule has 4 heterocycles. The van der Waals surface area contributed by atoms with Gasteiger partial charge in [-0.1, -0.05) is 49.6 Å². The predicted molar refractivity (Wildman–Crippen MR) is 131 cm³/mol. The zero-order chi connectivity index (χ0) is 23.1. The molecule has 34 heavy (non-hydrogen) atoms. The lowest BCUT2D eigenvalue weighted by atomic mass is 9.70. The zero-order valence-corrected chi connectivity index (χ0v) is 20.6. The summed E-state index contributed by atoms with van der Waals surface area (Å²) in [6.45, 7) is 5.55. The Hall–Kier alpha value is -2.21. The standard InChI is InChI=1S/C28H39N5O/c1-20-30-27-28(14-8-15-33(27)31-20)19-29-18-24(28)26(34)32-16-13-23(21-9-4-2-5-10-21)17-25(32)22-11-6-3-7-12-22/h2,4-5,9-10,22-25,29H,3,6-8,11-19H2,1H3/p+1/t23-,24+,25+,28-/m1/s1. The Morgan fingerprint density at radius 3 is 2.76 bits per heavy atom. The lowest BCUT2D eigenvalue weighted by Crippen LogP contribution is -2.59. The van der Waals surface area contributed by atoms with E-state index in [9.17, 15) is 4.79 Å². The normalized spacial score (nSPS) is 32.1. The Morgan fingerprint density at radius 1 is 1.12 bits per heavy atom. The van der Waals surface area contributed by atoms with Gasteiger partial charge >= 0.3 is 5.82 Å². The molecule has 2 aromatic rings. The number of aromatic amines is 1. The van der Waals surface area contributed by atoms with E-state index in [4.69, 9.17) is 4.98 Å². The lowest BCUT2D eigenvalue weighted by Gasteiger charge is -2.46. The van der Waals surface area contributed by atoms with Gasteiger partial charge in [-0.25, -0.2) is 0 Å². The minimum absolute atomic E-state index is 0.0129. The SMILES string of the molecule is Cc1nc2[n+]([nH]1)CCC[C@]21CNC[C@H]1C(=O)N1CC[C@@H](c2ccccc2)C[C@H]1C1CCCCC1. The quantitative estimate of drug-likeness (QED) is 0.685. The van der Waals surface area contributed by atoms with Crippen LogP contribution in [0.5, 0.6) is 0 Å². The van der Waals surface area contributed by atoms with E-state index >= 15 is 0 Å². The number of nitrogens with one attached hydrogen (secondary N) is 2. The zero-order valence-electron chi connectivity index (χ0n) is 20.6. The Bertz CT molecular complexity index is 1010. The molecular weight excluding hydrogens is 422 g/mol. The number of rotatable bonds is 3. The van der Waals surface area contributed by atoms with Crippen molar-refractivity contribution in [3.8, 4) is 0 Å². The summed E-state index contributed by atoms with van der Waals surface area (Å²) in [6.07, 6.45) is 10.9. The van der Waals surface area contributed by atoms with Gasteiger partial charge in [0.25, 0.3) is 0 Å². The Balaban J connectivity index is 1.30. The van der Waals surface area contributed by atoms with Crippen molar-refractivity contribution in [1.82, 2.24) is 20.3 Å². The molecule has 3 aliphatic heterocycles. The summed E-state index contributed by atoms with van der Waals surface area (Å²) in [5.41, 5.74) is 1.28. The average molecular weight is 463 g/mol. The van der Waals surface area contributed by atoms with Crippen molar-refractivity contribution in [1.29, 1.82) is 0 Å². The van der Waals surface area contributed by atoms with E-state index in [0.29, 0.717) is 23.8 Å². The highest BCUT2D eigenvalue weighted by Gasteiger charge is 2.58. The van der Waals surface area contributed by atoms with E-state index in [1.807, 2.05) is 6.92 Å². The highest BCUT2D eigenvalue weighted by molar-refractivity contribution is 5.82. The van der Waals surface area contributed by atoms with Crippen LogP contribution in [-0.4, -0.2) is 46.6 Å². The number of likely N-dealkylation sites (tertiary alicyclic amines) is 1. The molecule has 0 radical (unpaired) electrons. The summed E-state index contributed by atoms with van der Waals surface area (Å²) in [6, 6.07) is 11.4. The van der Waals surface area contributed by atoms with Gasteiger partial charge in [0.1, 0.15) is 12.0 Å². The molecule has 1 aliphatic carbocycles. The minimum Gasteiger partial charge on any atom is -0.339 e. The number of fused-ring (bicyclic) bond motifs is 2. The fourth-order valence-electron chi connectivity index (χ4n) is 7.74. The smallest absolute Gasteiger partial charge is 0.327 e. The molecule has 0 unspecified atom stereocenters. The number of carbonyl (C=O) groups is 1. The molecule has 1 saturated carbocycles. The maximum Gasteiger partial charge on any atom is 0.327 e. The third-order valence-corrected chi connectivity index (χ3v) is 9.42. The summed E-state index contributed by atoms with van der Waals surface area (Å²) >= 11 is 0. The predicted octanol–water partition coefficient (Wildman–Crippen LogP) is 3.61. The first-order chi connectivity index (χ1) is 16.7. The first kappa shape index (κ1) is 22.3.